The number of nitrogens with one attached hydrogen (secondary N) is 3. The molecule has 4 aromatic rings. The number of H-pyrrole nitrogens is 1. The number of hydrogen-bond acceptors (Lipinski definition) is 8. The highest BCUT2D eigenvalue weighted by Gasteiger charge is 2.17. The predicted molar refractivity (Wildman–Crippen MR) is 121 cm³/mol. The number of furan rings is 1. The van der Waals surface area contributed by atoms with Crippen LogP contribution < -0.4 is 10.6 Å². The molecule has 1 saturated heterocycles. The van der Waals surface area contributed by atoms with Gasteiger partial charge in [0.1, 0.15) is 17.8 Å². The summed E-state index contributed by atoms with van der Waals surface area (Å²) in [5.41, 5.74) is 3.23. The van der Waals surface area contributed by atoms with Crippen molar-refractivity contribution < 1.29 is 9.21 Å². The number of likely N-dealkylation sites (N-methyl/N-ethyl adjacent to an activating group) is 1. The zero-order valence-electron chi connectivity index (χ0n) is 17.7. The van der Waals surface area contributed by atoms with Crippen molar-refractivity contribution in [3.05, 3.63) is 60.4 Å². The number of anilines is 3. The molecule has 1 amide bonds. The molecule has 1 fully saturated rings. The van der Waals surface area contributed by atoms with E-state index in [0.717, 1.165) is 43.8 Å². The minimum absolute atomic E-state index is 0.297. The van der Waals surface area contributed by atoms with Gasteiger partial charge in [-0.05, 0) is 30.8 Å². The van der Waals surface area contributed by atoms with Crippen molar-refractivity contribution in [2.45, 2.75) is 6.54 Å². The molecule has 10 nitrogen and oxygen atoms in total. The van der Waals surface area contributed by atoms with Crippen molar-refractivity contribution in [3.63, 3.8) is 0 Å². The molecule has 4 heterocycles. The normalized spacial score (nSPS) is 15.2. The standard InChI is InChI=1S/C22H24N8O2/c1-29-7-9-30(10-8-29)13-15-2-4-16(5-3-15)26-21(31)19-18(12-25-28-19)27-20-17-6-11-32-22(17)24-14-23-20/h2-6,11-12,14H,7-10,13H2,1H3,(H,25,28)(H,26,31)(H,23,24,27). The summed E-state index contributed by atoms with van der Waals surface area (Å²) >= 11 is 0. The van der Waals surface area contributed by atoms with E-state index in [1.54, 1.807) is 18.5 Å². The van der Waals surface area contributed by atoms with E-state index in [0.29, 0.717) is 22.9 Å². The van der Waals surface area contributed by atoms with E-state index in [2.05, 4.69) is 59.8 Å². The van der Waals surface area contributed by atoms with Gasteiger partial charge in [-0.2, -0.15) is 5.10 Å². The van der Waals surface area contributed by atoms with Crippen molar-refractivity contribution in [2.24, 2.45) is 0 Å². The molecule has 10 heteroatoms. The van der Waals surface area contributed by atoms with Gasteiger partial charge in [0.15, 0.2) is 0 Å². The lowest BCUT2D eigenvalue weighted by Crippen LogP contribution is -2.43. The summed E-state index contributed by atoms with van der Waals surface area (Å²) in [5.74, 6) is 0.238. The van der Waals surface area contributed by atoms with Gasteiger partial charge in [-0.3, -0.25) is 14.8 Å². The molecule has 0 saturated carbocycles. The number of benzene rings is 1. The molecule has 3 N–H and O–H groups in total. The predicted octanol–water partition coefficient (Wildman–Crippen LogP) is 2.69. The van der Waals surface area contributed by atoms with E-state index < -0.39 is 0 Å². The van der Waals surface area contributed by atoms with Gasteiger partial charge in [-0.25, -0.2) is 9.97 Å². The van der Waals surface area contributed by atoms with E-state index >= 15 is 0 Å². The van der Waals surface area contributed by atoms with Crippen LogP contribution in [0.4, 0.5) is 17.2 Å². The summed E-state index contributed by atoms with van der Waals surface area (Å²) in [7, 11) is 2.15. The van der Waals surface area contributed by atoms with Crippen molar-refractivity contribution in [1.82, 2.24) is 30.0 Å². The van der Waals surface area contributed by atoms with Gasteiger partial charge in [0.05, 0.1) is 23.5 Å². The molecular formula is C22H24N8O2. The minimum atomic E-state index is -0.297. The molecule has 0 bridgehead atoms. The maximum Gasteiger partial charge on any atom is 0.275 e. The van der Waals surface area contributed by atoms with E-state index in [9.17, 15) is 4.79 Å². The first kappa shape index (κ1) is 20.2. The van der Waals surface area contributed by atoms with Crippen molar-refractivity contribution in [3.8, 4) is 0 Å². The van der Waals surface area contributed by atoms with Gasteiger partial charge >= 0.3 is 0 Å². The van der Waals surface area contributed by atoms with Crippen LogP contribution in [-0.2, 0) is 6.54 Å². The zero-order valence-corrected chi connectivity index (χ0v) is 17.7. The number of carbonyl (C=O) groups is 1. The van der Waals surface area contributed by atoms with Gasteiger partial charge in [-0.15, -0.1) is 0 Å². The topological polar surface area (TPSA) is 115 Å². The maximum absolute atomic E-state index is 12.8. The van der Waals surface area contributed by atoms with Gasteiger partial charge in [0.2, 0.25) is 5.71 Å². The van der Waals surface area contributed by atoms with E-state index in [1.165, 1.54) is 11.9 Å². The minimum Gasteiger partial charge on any atom is -0.446 e. The molecule has 164 valence electrons. The van der Waals surface area contributed by atoms with Crippen LogP contribution in [0.2, 0.25) is 0 Å². The van der Waals surface area contributed by atoms with Crippen LogP contribution in [0.3, 0.4) is 0 Å². The van der Waals surface area contributed by atoms with Crippen LogP contribution in [0.5, 0.6) is 0 Å². The van der Waals surface area contributed by atoms with Crippen molar-refractivity contribution in [1.29, 1.82) is 0 Å². The fourth-order valence-corrected chi connectivity index (χ4v) is 3.72. The van der Waals surface area contributed by atoms with Crippen LogP contribution in [0.15, 0.2) is 53.5 Å². The first-order chi connectivity index (χ1) is 15.7. The fraction of sp³-hybridized carbons (Fsp3) is 0.273. The highest BCUT2D eigenvalue weighted by molar-refractivity contribution is 6.07. The summed E-state index contributed by atoms with van der Waals surface area (Å²) in [5, 5.41) is 13.5. The number of hydrogen-bond donors (Lipinski definition) is 3. The van der Waals surface area contributed by atoms with Gasteiger partial charge in [0.25, 0.3) is 5.91 Å². The highest BCUT2D eigenvalue weighted by atomic mass is 16.3. The molecule has 3 aromatic heterocycles. The summed E-state index contributed by atoms with van der Waals surface area (Å²) in [6.45, 7) is 5.24. The Labute approximate surface area is 184 Å². The second-order valence-electron chi connectivity index (χ2n) is 7.88. The van der Waals surface area contributed by atoms with Crippen LogP contribution in [0.25, 0.3) is 11.1 Å². The lowest BCUT2D eigenvalue weighted by molar-refractivity contribution is 0.102. The SMILES string of the molecule is CN1CCN(Cc2ccc(NC(=O)c3[nH]ncc3Nc3ncnc4occc34)cc2)CC1. The van der Waals surface area contributed by atoms with Crippen molar-refractivity contribution in [2.75, 3.05) is 43.9 Å². The Balaban J connectivity index is 1.24. The Morgan fingerprint density at radius 1 is 1.12 bits per heavy atom. The molecule has 1 aliphatic rings. The number of aromatic amines is 1. The summed E-state index contributed by atoms with van der Waals surface area (Å²) in [4.78, 5) is 25.9. The number of aromatic nitrogens is 4. The largest absolute Gasteiger partial charge is 0.446 e. The average molecular weight is 432 g/mol. The number of amides is 1. The number of nitrogens with zero attached hydrogens (tertiary/aromatic N) is 5. The molecular weight excluding hydrogens is 408 g/mol. The van der Waals surface area contributed by atoms with Crippen molar-refractivity contribution >= 4 is 34.2 Å². The average Bonchev–Trinajstić information content (AvgIpc) is 3.47. The highest BCUT2D eigenvalue weighted by Crippen LogP contribution is 2.25. The molecule has 0 radical (unpaired) electrons. The van der Waals surface area contributed by atoms with Crippen LogP contribution >= 0.6 is 0 Å². The molecule has 0 atom stereocenters. The second-order valence-corrected chi connectivity index (χ2v) is 7.88. The summed E-state index contributed by atoms with van der Waals surface area (Å²) in [6, 6.07) is 9.72. The number of fused-ring (bicyclic) bond motifs is 1. The Bertz CT molecular complexity index is 1210. The number of piperazine rings is 1. The van der Waals surface area contributed by atoms with E-state index in [-0.39, 0.29) is 5.91 Å². The van der Waals surface area contributed by atoms with Crippen LogP contribution in [0.1, 0.15) is 16.1 Å². The van der Waals surface area contributed by atoms with Gasteiger partial charge in [0, 0.05) is 38.4 Å². The summed E-state index contributed by atoms with van der Waals surface area (Å²) in [6.07, 6.45) is 4.49. The van der Waals surface area contributed by atoms with E-state index in [1.807, 2.05) is 12.1 Å². The molecule has 0 unspecified atom stereocenters. The summed E-state index contributed by atoms with van der Waals surface area (Å²) < 4.78 is 5.30. The quantitative estimate of drug-likeness (QED) is 0.426. The lowest BCUT2D eigenvalue weighted by Gasteiger charge is -2.32. The smallest absolute Gasteiger partial charge is 0.275 e. The van der Waals surface area contributed by atoms with Crippen LogP contribution in [-0.4, -0.2) is 69.1 Å². The molecule has 0 spiro atoms. The molecule has 5 rings (SSSR count). The second kappa shape index (κ2) is 8.77. The number of rotatable bonds is 6. The Hall–Kier alpha value is -3.76. The molecule has 0 aliphatic carbocycles. The third-order valence-corrected chi connectivity index (χ3v) is 5.60. The first-order valence-corrected chi connectivity index (χ1v) is 10.5. The number of carbonyl (C=O) groups excluding carboxylic acids is 1. The lowest BCUT2D eigenvalue weighted by atomic mass is 10.1. The maximum atomic E-state index is 12.8. The third-order valence-electron chi connectivity index (χ3n) is 5.60. The van der Waals surface area contributed by atoms with E-state index in [4.69, 9.17) is 4.42 Å². The zero-order chi connectivity index (χ0) is 21.9. The Morgan fingerprint density at radius 3 is 2.75 bits per heavy atom. The van der Waals surface area contributed by atoms with Crippen LogP contribution in [0, 0.1) is 0 Å². The van der Waals surface area contributed by atoms with Gasteiger partial charge in [-0.1, -0.05) is 12.1 Å². The fourth-order valence-electron chi connectivity index (χ4n) is 3.72. The third kappa shape index (κ3) is 4.32. The monoisotopic (exact) mass is 432 g/mol. The molecule has 1 aliphatic heterocycles. The molecule has 1 aromatic carbocycles. The van der Waals surface area contributed by atoms with Gasteiger partial charge < -0.3 is 20.0 Å². The molecule has 32 heavy (non-hydrogen) atoms. The Kier molecular flexibility index (Phi) is 5.53. The Morgan fingerprint density at radius 2 is 1.94 bits per heavy atom. The first-order valence-electron chi connectivity index (χ1n) is 10.5.